The summed E-state index contributed by atoms with van der Waals surface area (Å²) < 4.78 is 11.7. The molecule has 0 radical (unpaired) electrons. The van der Waals surface area contributed by atoms with Gasteiger partial charge in [0.05, 0.1) is 11.8 Å². The van der Waals surface area contributed by atoms with Gasteiger partial charge in [-0.15, -0.1) is 0 Å². The van der Waals surface area contributed by atoms with E-state index >= 15 is 0 Å². The minimum Gasteiger partial charge on any atom is -0.489 e. The van der Waals surface area contributed by atoms with Gasteiger partial charge in [-0.2, -0.15) is 0 Å². The van der Waals surface area contributed by atoms with Crippen molar-refractivity contribution in [3.63, 3.8) is 0 Å². The van der Waals surface area contributed by atoms with Crippen LogP contribution in [0.15, 0.2) is 18.2 Å². The van der Waals surface area contributed by atoms with Crippen LogP contribution in [-0.4, -0.2) is 45.5 Å². The lowest BCUT2D eigenvalue weighted by molar-refractivity contribution is 0.0681. The van der Waals surface area contributed by atoms with Gasteiger partial charge in [0.25, 0.3) is 0 Å². The summed E-state index contributed by atoms with van der Waals surface area (Å²) in [6, 6.07) is 6.45. The summed E-state index contributed by atoms with van der Waals surface area (Å²) in [5, 5.41) is 3.39. The van der Waals surface area contributed by atoms with Crippen LogP contribution in [-0.2, 0) is 4.74 Å². The quantitative estimate of drug-likeness (QED) is 0.911. The lowest BCUT2D eigenvalue weighted by Crippen LogP contribution is -2.43. The number of anilines is 1. The van der Waals surface area contributed by atoms with Crippen LogP contribution in [0, 0.1) is 6.92 Å². The Morgan fingerprint density at radius 2 is 2.20 bits per heavy atom. The molecule has 20 heavy (non-hydrogen) atoms. The van der Waals surface area contributed by atoms with Crippen LogP contribution in [0.1, 0.15) is 18.4 Å². The summed E-state index contributed by atoms with van der Waals surface area (Å²) in [6.45, 7) is 7.85. The Morgan fingerprint density at radius 3 is 2.95 bits per heavy atom. The number of nitrogens with zero attached hydrogens (tertiary/aromatic N) is 1. The lowest BCUT2D eigenvalue weighted by atomic mass is 10.1. The van der Waals surface area contributed by atoms with Gasteiger partial charge < -0.3 is 19.7 Å². The Labute approximate surface area is 121 Å². The molecule has 3 rings (SSSR count). The first-order chi connectivity index (χ1) is 9.83. The molecule has 1 unspecified atom stereocenters. The van der Waals surface area contributed by atoms with Crippen LogP contribution in [0.2, 0.25) is 0 Å². The van der Waals surface area contributed by atoms with Gasteiger partial charge in [0, 0.05) is 32.8 Å². The van der Waals surface area contributed by atoms with Gasteiger partial charge in [-0.3, -0.25) is 0 Å². The molecule has 2 aliphatic rings. The third-order valence-electron chi connectivity index (χ3n) is 4.02. The standard InChI is InChI=1S/C16H24N2O2/c1-13-4-5-16(20-12-14-3-2-10-19-14)15(11-13)18-8-6-17-7-9-18/h4-5,11,14,17H,2-3,6-10,12H2,1H3. The van der Waals surface area contributed by atoms with Crippen molar-refractivity contribution in [2.24, 2.45) is 0 Å². The van der Waals surface area contributed by atoms with E-state index in [1.165, 1.54) is 11.3 Å². The van der Waals surface area contributed by atoms with Crippen molar-refractivity contribution < 1.29 is 9.47 Å². The fourth-order valence-electron chi connectivity index (χ4n) is 2.86. The second kappa shape index (κ2) is 6.46. The molecule has 0 aliphatic carbocycles. The average Bonchev–Trinajstić information content (AvgIpc) is 3.00. The maximum absolute atomic E-state index is 6.04. The molecule has 0 amide bonds. The highest BCUT2D eigenvalue weighted by molar-refractivity contribution is 5.60. The van der Waals surface area contributed by atoms with Crippen molar-refractivity contribution in [2.45, 2.75) is 25.9 Å². The number of aryl methyl sites for hydroxylation is 1. The first-order valence-electron chi connectivity index (χ1n) is 7.63. The number of piperazine rings is 1. The number of benzene rings is 1. The molecule has 0 saturated carbocycles. The monoisotopic (exact) mass is 276 g/mol. The van der Waals surface area contributed by atoms with Gasteiger partial charge in [0.2, 0.25) is 0 Å². The summed E-state index contributed by atoms with van der Waals surface area (Å²) in [7, 11) is 0. The Kier molecular flexibility index (Phi) is 4.43. The summed E-state index contributed by atoms with van der Waals surface area (Å²) in [4.78, 5) is 2.41. The summed E-state index contributed by atoms with van der Waals surface area (Å²) >= 11 is 0. The molecule has 1 aromatic rings. The van der Waals surface area contributed by atoms with E-state index in [4.69, 9.17) is 9.47 Å². The zero-order valence-electron chi connectivity index (χ0n) is 12.2. The number of nitrogens with one attached hydrogen (secondary N) is 1. The highest BCUT2D eigenvalue weighted by Gasteiger charge is 2.19. The molecule has 1 aromatic carbocycles. The molecule has 2 aliphatic heterocycles. The van der Waals surface area contributed by atoms with E-state index in [9.17, 15) is 0 Å². The van der Waals surface area contributed by atoms with E-state index in [1.807, 2.05) is 0 Å². The van der Waals surface area contributed by atoms with Crippen molar-refractivity contribution in [2.75, 3.05) is 44.3 Å². The van der Waals surface area contributed by atoms with Gasteiger partial charge in [0.1, 0.15) is 12.4 Å². The van der Waals surface area contributed by atoms with Crippen molar-refractivity contribution in [3.05, 3.63) is 23.8 Å². The first-order valence-corrected chi connectivity index (χ1v) is 7.63. The molecule has 0 bridgehead atoms. The number of hydrogen-bond acceptors (Lipinski definition) is 4. The zero-order valence-corrected chi connectivity index (χ0v) is 12.2. The lowest BCUT2D eigenvalue weighted by Gasteiger charge is -2.31. The molecule has 2 fully saturated rings. The Balaban J connectivity index is 1.71. The largest absolute Gasteiger partial charge is 0.489 e. The summed E-state index contributed by atoms with van der Waals surface area (Å²) in [5.74, 6) is 0.994. The van der Waals surface area contributed by atoms with E-state index in [2.05, 4.69) is 35.3 Å². The Hall–Kier alpha value is -1.26. The van der Waals surface area contributed by atoms with E-state index in [0.717, 1.165) is 51.4 Å². The Morgan fingerprint density at radius 1 is 1.35 bits per heavy atom. The maximum Gasteiger partial charge on any atom is 0.142 e. The molecule has 2 saturated heterocycles. The number of rotatable bonds is 4. The molecular weight excluding hydrogens is 252 g/mol. The second-order valence-corrected chi connectivity index (χ2v) is 5.65. The minimum atomic E-state index is 0.271. The van der Waals surface area contributed by atoms with Crippen LogP contribution in [0.25, 0.3) is 0 Å². The molecule has 4 nitrogen and oxygen atoms in total. The molecule has 2 heterocycles. The molecule has 1 atom stereocenters. The summed E-state index contributed by atoms with van der Waals surface area (Å²) in [5.41, 5.74) is 2.51. The van der Waals surface area contributed by atoms with E-state index in [1.54, 1.807) is 0 Å². The third kappa shape index (κ3) is 3.25. The van der Waals surface area contributed by atoms with Crippen LogP contribution >= 0.6 is 0 Å². The molecule has 1 N–H and O–H groups in total. The molecule has 0 aromatic heterocycles. The van der Waals surface area contributed by atoms with Crippen LogP contribution in [0.5, 0.6) is 5.75 Å². The SMILES string of the molecule is Cc1ccc(OCC2CCCO2)c(N2CCNCC2)c1. The predicted octanol–water partition coefficient (Wildman–Crippen LogP) is 1.96. The topological polar surface area (TPSA) is 33.7 Å². The van der Waals surface area contributed by atoms with E-state index < -0.39 is 0 Å². The second-order valence-electron chi connectivity index (χ2n) is 5.65. The van der Waals surface area contributed by atoms with Crippen molar-refractivity contribution in [1.82, 2.24) is 5.32 Å². The summed E-state index contributed by atoms with van der Waals surface area (Å²) in [6.07, 6.45) is 2.55. The maximum atomic E-state index is 6.04. The minimum absolute atomic E-state index is 0.271. The normalized spacial score (nSPS) is 23.1. The predicted molar refractivity (Wildman–Crippen MR) is 80.7 cm³/mol. The van der Waals surface area contributed by atoms with Gasteiger partial charge in [-0.1, -0.05) is 6.07 Å². The van der Waals surface area contributed by atoms with Crippen LogP contribution in [0.3, 0.4) is 0 Å². The molecule has 110 valence electrons. The number of ether oxygens (including phenoxy) is 2. The van der Waals surface area contributed by atoms with Crippen LogP contribution < -0.4 is 15.0 Å². The molecule has 0 spiro atoms. The van der Waals surface area contributed by atoms with Gasteiger partial charge in [-0.25, -0.2) is 0 Å². The smallest absolute Gasteiger partial charge is 0.142 e. The van der Waals surface area contributed by atoms with Crippen molar-refractivity contribution in [1.29, 1.82) is 0 Å². The first kappa shape index (κ1) is 13.7. The highest BCUT2D eigenvalue weighted by atomic mass is 16.5. The fraction of sp³-hybridized carbons (Fsp3) is 0.625. The van der Waals surface area contributed by atoms with Gasteiger partial charge in [0.15, 0.2) is 0 Å². The fourth-order valence-corrected chi connectivity index (χ4v) is 2.86. The van der Waals surface area contributed by atoms with Crippen molar-refractivity contribution in [3.8, 4) is 5.75 Å². The zero-order chi connectivity index (χ0) is 13.8. The number of hydrogen-bond donors (Lipinski definition) is 1. The highest BCUT2D eigenvalue weighted by Crippen LogP contribution is 2.30. The average molecular weight is 276 g/mol. The van der Waals surface area contributed by atoms with Crippen molar-refractivity contribution >= 4 is 5.69 Å². The van der Waals surface area contributed by atoms with Gasteiger partial charge >= 0.3 is 0 Å². The van der Waals surface area contributed by atoms with E-state index in [-0.39, 0.29) is 6.10 Å². The van der Waals surface area contributed by atoms with E-state index in [0.29, 0.717) is 6.61 Å². The third-order valence-corrected chi connectivity index (χ3v) is 4.02. The molecular formula is C16H24N2O2. The van der Waals surface area contributed by atoms with Gasteiger partial charge in [-0.05, 0) is 37.5 Å². The Bertz CT molecular complexity index is 438. The molecule has 4 heteroatoms. The van der Waals surface area contributed by atoms with Crippen LogP contribution in [0.4, 0.5) is 5.69 Å².